The maximum absolute atomic E-state index is 8.97. The first-order valence-electron chi connectivity index (χ1n) is 4.73. The van der Waals surface area contributed by atoms with Crippen molar-refractivity contribution in [1.82, 2.24) is 0 Å². The second kappa shape index (κ2) is 4.04. The zero-order valence-electron chi connectivity index (χ0n) is 7.86. The second-order valence-electron chi connectivity index (χ2n) is 3.46. The lowest BCUT2D eigenvalue weighted by molar-refractivity contribution is 1.06. The molecule has 2 rings (SSSR count). The normalized spacial score (nSPS) is 15.1. The molecule has 1 aromatic rings. The van der Waals surface area contributed by atoms with E-state index in [0.717, 1.165) is 21.3 Å². The summed E-state index contributed by atoms with van der Waals surface area (Å²) in [5.74, 6) is 0. The smallest absolute Gasteiger partial charge is 0.100 e. The second-order valence-corrected chi connectivity index (χ2v) is 4.81. The number of nitrogens with two attached hydrogens (primary N) is 1. The Morgan fingerprint density at radius 2 is 2.29 bits per heavy atom. The number of hydrogen-bond acceptors (Lipinski definition) is 3. The molecule has 0 saturated heterocycles. The van der Waals surface area contributed by atoms with E-state index in [2.05, 4.69) is 6.07 Å². The monoisotopic (exact) mass is 204 g/mol. The minimum Gasteiger partial charge on any atom is -0.326 e. The number of nitrogens with zero attached hydrogens (tertiary/aromatic N) is 1. The van der Waals surface area contributed by atoms with Crippen LogP contribution in [0.2, 0.25) is 0 Å². The molecular formula is C11H12N2S. The quantitative estimate of drug-likeness (QED) is 0.821. The van der Waals surface area contributed by atoms with E-state index < -0.39 is 0 Å². The Morgan fingerprint density at radius 1 is 1.50 bits per heavy atom. The maximum Gasteiger partial charge on any atom is 0.100 e. The van der Waals surface area contributed by atoms with Crippen LogP contribution in [0.25, 0.3) is 0 Å². The molecule has 0 spiro atoms. The summed E-state index contributed by atoms with van der Waals surface area (Å²) in [6.07, 6.45) is 2.57. The summed E-state index contributed by atoms with van der Waals surface area (Å²) < 4.78 is 0. The van der Waals surface area contributed by atoms with Gasteiger partial charge in [0.25, 0.3) is 0 Å². The number of hydrogen-bond donors (Lipinski definition) is 1. The summed E-state index contributed by atoms with van der Waals surface area (Å²) >= 11 is 1.82. The van der Waals surface area contributed by atoms with E-state index in [1.807, 2.05) is 30.0 Å². The van der Waals surface area contributed by atoms with Crippen LogP contribution in [0.3, 0.4) is 0 Å². The molecule has 72 valence electrons. The van der Waals surface area contributed by atoms with E-state index >= 15 is 0 Å². The van der Waals surface area contributed by atoms with Crippen LogP contribution >= 0.6 is 11.8 Å². The third kappa shape index (κ3) is 2.09. The van der Waals surface area contributed by atoms with Crippen LogP contribution in [0.1, 0.15) is 24.0 Å². The van der Waals surface area contributed by atoms with Crippen LogP contribution in [-0.4, -0.2) is 5.25 Å². The Balaban J connectivity index is 2.25. The first kappa shape index (κ1) is 9.57. The van der Waals surface area contributed by atoms with Gasteiger partial charge in [-0.2, -0.15) is 5.26 Å². The van der Waals surface area contributed by atoms with Gasteiger partial charge in [0.1, 0.15) is 6.07 Å². The SMILES string of the molecule is N#Cc1cc(CN)ccc1SC1CC1. The molecule has 2 N–H and O–H groups in total. The summed E-state index contributed by atoms with van der Waals surface area (Å²) in [5.41, 5.74) is 7.32. The number of thioether (sulfide) groups is 1. The van der Waals surface area contributed by atoms with Crippen molar-refractivity contribution in [3.63, 3.8) is 0 Å². The first-order valence-corrected chi connectivity index (χ1v) is 5.61. The predicted molar refractivity (Wildman–Crippen MR) is 57.9 cm³/mol. The molecule has 0 aliphatic heterocycles. The van der Waals surface area contributed by atoms with E-state index in [0.29, 0.717) is 6.54 Å². The Labute approximate surface area is 88.1 Å². The molecule has 1 aliphatic rings. The van der Waals surface area contributed by atoms with Gasteiger partial charge in [0.2, 0.25) is 0 Å². The van der Waals surface area contributed by atoms with Crippen molar-refractivity contribution in [3.05, 3.63) is 29.3 Å². The molecule has 0 bridgehead atoms. The van der Waals surface area contributed by atoms with E-state index in [9.17, 15) is 0 Å². The highest BCUT2D eigenvalue weighted by molar-refractivity contribution is 8.00. The van der Waals surface area contributed by atoms with Gasteiger partial charge in [-0.05, 0) is 30.5 Å². The summed E-state index contributed by atoms with van der Waals surface area (Å²) in [6, 6.07) is 8.14. The average molecular weight is 204 g/mol. The summed E-state index contributed by atoms with van der Waals surface area (Å²) in [7, 11) is 0. The molecule has 0 aromatic heterocycles. The van der Waals surface area contributed by atoms with Crippen LogP contribution in [0, 0.1) is 11.3 Å². The lowest BCUT2D eigenvalue weighted by Gasteiger charge is -2.04. The van der Waals surface area contributed by atoms with Gasteiger partial charge in [-0.1, -0.05) is 6.07 Å². The average Bonchev–Trinajstić information content (AvgIpc) is 3.02. The van der Waals surface area contributed by atoms with Crippen molar-refractivity contribution in [3.8, 4) is 6.07 Å². The van der Waals surface area contributed by atoms with Gasteiger partial charge < -0.3 is 5.73 Å². The Morgan fingerprint density at radius 3 is 2.86 bits per heavy atom. The molecule has 0 radical (unpaired) electrons. The van der Waals surface area contributed by atoms with Crippen molar-refractivity contribution in [2.24, 2.45) is 5.73 Å². The summed E-state index contributed by atoms with van der Waals surface area (Å²) in [4.78, 5) is 1.10. The van der Waals surface area contributed by atoms with Gasteiger partial charge in [0.05, 0.1) is 5.56 Å². The van der Waals surface area contributed by atoms with E-state index in [1.54, 1.807) is 0 Å². The first-order chi connectivity index (χ1) is 6.83. The third-order valence-electron chi connectivity index (χ3n) is 2.22. The van der Waals surface area contributed by atoms with Crippen LogP contribution in [0.5, 0.6) is 0 Å². The molecule has 0 heterocycles. The molecule has 1 saturated carbocycles. The lowest BCUT2D eigenvalue weighted by atomic mass is 10.1. The highest BCUT2D eigenvalue weighted by Crippen LogP contribution is 2.40. The van der Waals surface area contributed by atoms with Gasteiger partial charge in [0, 0.05) is 16.7 Å². The number of nitriles is 1. The summed E-state index contributed by atoms with van der Waals surface area (Å²) in [6.45, 7) is 0.503. The Kier molecular flexibility index (Phi) is 2.76. The predicted octanol–water partition coefficient (Wildman–Crippen LogP) is 2.27. The van der Waals surface area contributed by atoms with Crippen LogP contribution in [-0.2, 0) is 6.54 Å². The van der Waals surface area contributed by atoms with Gasteiger partial charge >= 0.3 is 0 Å². The van der Waals surface area contributed by atoms with Gasteiger partial charge in [0.15, 0.2) is 0 Å². The van der Waals surface area contributed by atoms with Crippen LogP contribution < -0.4 is 5.73 Å². The standard InChI is InChI=1S/C11H12N2S/c12-6-8-1-4-11(9(5-8)7-13)14-10-2-3-10/h1,4-5,10H,2-3,6,12H2. The molecule has 2 nitrogen and oxygen atoms in total. The maximum atomic E-state index is 8.97. The molecule has 0 unspecified atom stereocenters. The molecule has 1 aliphatic carbocycles. The largest absolute Gasteiger partial charge is 0.326 e. The highest BCUT2D eigenvalue weighted by atomic mass is 32.2. The van der Waals surface area contributed by atoms with E-state index in [1.165, 1.54) is 12.8 Å². The lowest BCUT2D eigenvalue weighted by Crippen LogP contribution is -1.97. The topological polar surface area (TPSA) is 49.8 Å². The van der Waals surface area contributed by atoms with Gasteiger partial charge in [-0.25, -0.2) is 0 Å². The Hall–Kier alpha value is -0.980. The van der Waals surface area contributed by atoms with Crippen molar-refractivity contribution < 1.29 is 0 Å². The fourth-order valence-corrected chi connectivity index (χ4v) is 2.37. The minimum absolute atomic E-state index is 0.503. The molecular weight excluding hydrogens is 192 g/mol. The number of rotatable bonds is 3. The fraction of sp³-hybridized carbons (Fsp3) is 0.364. The van der Waals surface area contributed by atoms with Crippen molar-refractivity contribution >= 4 is 11.8 Å². The van der Waals surface area contributed by atoms with Crippen LogP contribution in [0.4, 0.5) is 0 Å². The van der Waals surface area contributed by atoms with Crippen molar-refractivity contribution in [1.29, 1.82) is 5.26 Å². The zero-order chi connectivity index (χ0) is 9.97. The molecule has 3 heteroatoms. The number of benzene rings is 1. The summed E-state index contributed by atoms with van der Waals surface area (Å²) in [5, 5.41) is 9.71. The Bertz CT molecular complexity index is 377. The third-order valence-corrected chi connectivity index (χ3v) is 3.63. The molecule has 0 amide bonds. The van der Waals surface area contributed by atoms with E-state index in [-0.39, 0.29) is 0 Å². The van der Waals surface area contributed by atoms with Crippen molar-refractivity contribution in [2.75, 3.05) is 0 Å². The van der Waals surface area contributed by atoms with E-state index in [4.69, 9.17) is 11.0 Å². The highest BCUT2D eigenvalue weighted by Gasteiger charge is 2.23. The molecule has 1 aromatic carbocycles. The zero-order valence-corrected chi connectivity index (χ0v) is 8.68. The molecule has 14 heavy (non-hydrogen) atoms. The fourth-order valence-electron chi connectivity index (χ4n) is 1.26. The van der Waals surface area contributed by atoms with Gasteiger partial charge in [-0.3, -0.25) is 0 Å². The molecule has 0 atom stereocenters. The van der Waals surface area contributed by atoms with Crippen LogP contribution in [0.15, 0.2) is 23.1 Å². The van der Waals surface area contributed by atoms with Crippen molar-refractivity contribution in [2.45, 2.75) is 29.5 Å². The van der Waals surface area contributed by atoms with Gasteiger partial charge in [-0.15, -0.1) is 11.8 Å². The molecule has 1 fully saturated rings. The minimum atomic E-state index is 0.503.